The summed E-state index contributed by atoms with van der Waals surface area (Å²) >= 11 is 0. The largest absolute Gasteiger partial charge is 0.497 e. The number of piperidine rings is 1. The van der Waals surface area contributed by atoms with Crippen molar-refractivity contribution in [2.75, 3.05) is 32.6 Å². The van der Waals surface area contributed by atoms with Crippen molar-refractivity contribution < 1.29 is 18.9 Å². The molecule has 3 aromatic rings. The van der Waals surface area contributed by atoms with Crippen LogP contribution in [0.1, 0.15) is 18.4 Å². The Balaban J connectivity index is 0.00000200. The van der Waals surface area contributed by atoms with Crippen molar-refractivity contribution in [2.45, 2.75) is 25.2 Å². The number of rotatable bonds is 6. The number of benzene rings is 2. The molecule has 1 N–H and O–H groups in total. The Morgan fingerprint density at radius 3 is 2.71 bits per heavy atom. The molecule has 0 spiro atoms. The van der Waals surface area contributed by atoms with Gasteiger partial charge in [-0.3, -0.25) is 4.98 Å². The van der Waals surface area contributed by atoms with Gasteiger partial charge in [-0.15, -0.1) is 31.2 Å². The van der Waals surface area contributed by atoms with Crippen molar-refractivity contribution in [3.05, 3.63) is 54.2 Å². The monoisotopic (exact) mass is 554 g/mol. The second-order valence-corrected chi connectivity index (χ2v) is 8.69. The molecule has 0 saturated carbocycles. The van der Waals surface area contributed by atoms with Crippen molar-refractivity contribution in [1.82, 2.24) is 9.88 Å². The number of para-hydroxylation sites is 1. The Kier molecular flexibility index (Phi) is 9.55. The highest BCUT2D eigenvalue weighted by atomic mass is 35.5. The number of pyridine rings is 1. The van der Waals surface area contributed by atoms with E-state index in [1.165, 1.54) is 6.08 Å². The molecule has 1 unspecified atom stereocenters. The standard InChI is InChI=1S/C28H26N4O4.2ClH/c1-4-5-9-25-35-23-8-6-7-21(28(23)36-25)31-27-18(16-29)17-30-22-14-20(33-3)15-24(26(22)27)34-19-10-12-32(2)13-11-19;;/h1,5-9,14-15,17,19,25H,10-13H2,2-3H3,(H,30,31);2*1H. The highest BCUT2D eigenvalue weighted by Gasteiger charge is 2.27. The predicted octanol–water partition coefficient (Wildman–Crippen LogP) is 5.46. The minimum atomic E-state index is -0.629. The molecule has 1 saturated heterocycles. The number of hydrogen-bond donors (Lipinski definition) is 1. The Morgan fingerprint density at radius 1 is 1.21 bits per heavy atom. The van der Waals surface area contributed by atoms with E-state index in [0.717, 1.165) is 25.9 Å². The summed E-state index contributed by atoms with van der Waals surface area (Å²) in [5.74, 6) is 4.79. The maximum atomic E-state index is 9.95. The summed E-state index contributed by atoms with van der Waals surface area (Å²) < 4.78 is 23.8. The van der Waals surface area contributed by atoms with Gasteiger partial charge in [-0.2, -0.15) is 5.26 Å². The van der Waals surface area contributed by atoms with Gasteiger partial charge < -0.3 is 29.2 Å². The topological polar surface area (TPSA) is 88.9 Å². The van der Waals surface area contributed by atoms with Gasteiger partial charge in [0, 0.05) is 37.5 Å². The van der Waals surface area contributed by atoms with E-state index in [2.05, 4.69) is 34.2 Å². The number of nitrogens with zero attached hydrogens (tertiary/aromatic N) is 3. The lowest BCUT2D eigenvalue weighted by Crippen LogP contribution is -2.35. The summed E-state index contributed by atoms with van der Waals surface area (Å²) in [5, 5.41) is 14.1. The van der Waals surface area contributed by atoms with Crippen LogP contribution in [-0.2, 0) is 0 Å². The third-order valence-electron chi connectivity index (χ3n) is 6.29. The summed E-state index contributed by atoms with van der Waals surface area (Å²) in [6, 6.07) is 11.5. The Morgan fingerprint density at radius 2 is 2.00 bits per heavy atom. The fraction of sp³-hybridized carbons (Fsp3) is 0.286. The fourth-order valence-corrected chi connectivity index (χ4v) is 4.41. The molecule has 8 nitrogen and oxygen atoms in total. The van der Waals surface area contributed by atoms with Crippen LogP contribution in [0.5, 0.6) is 23.0 Å². The smallest absolute Gasteiger partial charge is 0.262 e. The van der Waals surface area contributed by atoms with Crippen LogP contribution in [-0.4, -0.2) is 49.5 Å². The number of fused-ring (bicyclic) bond motifs is 2. The third-order valence-corrected chi connectivity index (χ3v) is 6.29. The Bertz CT molecular complexity index is 1410. The van der Waals surface area contributed by atoms with Crippen molar-refractivity contribution in [3.8, 4) is 41.4 Å². The first-order chi connectivity index (χ1) is 17.6. The molecule has 1 aromatic heterocycles. The number of halogens is 2. The van der Waals surface area contributed by atoms with Gasteiger partial charge in [0.05, 0.1) is 35.0 Å². The van der Waals surface area contributed by atoms with Crippen molar-refractivity contribution in [3.63, 3.8) is 0 Å². The molecule has 0 amide bonds. The molecule has 0 aliphatic carbocycles. The Labute approximate surface area is 234 Å². The summed E-state index contributed by atoms with van der Waals surface area (Å²) in [4.78, 5) is 6.82. The maximum Gasteiger partial charge on any atom is 0.262 e. The molecule has 5 rings (SSSR count). The highest BCUT2D eigenvalue weighted by molar-refractivity contribution is 6.01. The van der Waals surface area contributed by atoms with Gasteiger partial charge in [-0.1, -0.05) is 12.0 Å². The normalized spacial score (nSPS) is 16.7. The number of hydrogen-bond acceptors (Lipinski definition) is 8. The van der Waals surface area contributed by atoms with Crippen LogP contribution in [0, 0.1) is 23.7 Å². The van der Waals surface area contributed by atoms with Gasteiger partial charge in [0.25, 0.3) is 6.29 Å². The number of methoxy groups -OCH3 is 1. The van der Waals surface area contributed by atoms with E-state index >= 15 is 0 Å². The van der Waals surface area contributed by atoms with Gasteiger partial charge in [0.1, 0.15) is 23.7 Å². The molecular formula is C28H28Cl2N4O4. The second-order valence-electron chi connectivity index (χ2n) is 8.69. The molecule has 0 radical (unpaired) electrons. The summed E-state index contributed by atoms with van der Waals surface area (Å²) in [6.45, 7) is 1.92. The lowest BCUT2D eigenvalue weighted by atomic mass is 10.1. The average molecular weight is 555 g/mol. The molecule has 198 valence electrons. The van der Waals surface area contributed by atoms with Gasteiger partial charge in [-0.25, -0.2) is 0 Å². The second kappa shape index (κ2) is 12.6. The van der Waals surface area contributed by atoms with E-state index in [4.69, 9.17) is 25.4 Å². The predicted molar refractivity (Wildman–Crippen MR) is 151 cm³/mol. The lowest BCUT2D eigenvalue weighted by Gasteiger charge is -2.30. The lowest BCUT2D eigenvalue weighted by molar-refractivity contribution is 0.0956. The SMILES string of the molecule is C#CC=CC1Oc2cccc(Nc3c(C#N)cnc4cc(OC)cc(OC5CCN(C)CC5)c34)c2O1.Cl.Cl. The van der Waals surface area contributed by atoms with E-state index in [9.17, 15) is 5.26 Å². The number of allylic oxidation sites excluding steroid dienone is 1. The first-order valence-electron chi connectivity index (χ1n) is 11.7. The minimum Gasteiger partial charge on any atom is -0.497 e. The quantitative estimate of drug-likeness (QED) is 0.401. The number of nitrogens with one attached hydrogen (secondary N) is 1. The van der Waals surface area contributed by atoms with Crippen LogP contribution in [0.15, 0.2) is 48.7 Å². The van der Waals surface area contributed by atoms with Crippen molar-refractivity contribution in [2.24, 2.45) is 0 Å². The van der Waals surface area contributed by atoms with Crippen LogP contribution >= 0.6 is 24.8 Å². The van der Waals surface area contributed by atoms with Crippen LogP contribution < -0.4 is 24.3 Å². The van der Waals surface area contributed by atoms with Crippen LogP contribution in [0.3, 0.4) is 0 Å². The van der Waals surface area contributed by atoms with E-state index in [1.54, 1.807) is 19.4 Å². The highest BCUT2D eigenvalue weighted by Crippen LogP contribution is 2.45. The van der Waals surface area contributed by atoms with Gasteiger partial charge in [0.2, 0.25) is 0 Å². The zero-order valence-electron chi connectivity index (χ0n) is 21.0. The number of nitriles is 1. The number of terminal acetylenes is 1. The first-order valence-corrected chi connectivity index (χ1v) is 11.7. The molecule has 10 heteroatoms. The molecule has 2 aromatic carbocycles. The van der Waals surface area contributed by atoms with Crippen LogP contribution in [0.25, 0.3) is 10.9 Å². The van der Waals surface area contributed by atoms with Crippen LogP contribution in [0.4, 0.5) is 11.4 Å². The molecule has 3 heterocycles. The van der Waals surface area contributed by atoms with Crippen molar-refractivity contribution >= 4 is 47.1 Å². The van der Waals surface area contributed by atoms with E-state index in [1.807, 2.05) is 30.3 Å². The molecular weight excluding hydrogens is 527 g/mol. The number of aromatic nitrogens is 1. The summed E-state index contributed by atoms with van der Waals surface area (Å²) in [6.07, 6.45) is 11.3. The zero-order chi connectivity index (χ0) is 25.1. The first kappa shape index (κ1) is 28.7. The molecule has 1 fully saturated rings. The fourth-order valence-electron chi connectivity index (χ4n) is 4.41. The number of likely N-dealkylation sites (tertiary alicyclic amines) is 1. The zero-order valence-corrected chi connectivity index (χ0v) is 22.6. The van der Waals surface area contributed by atoms with Crippen LogP contribution in [0.2, 0.25) is 0 Å². The maximum absolute atomic E-state index is 9.95. The minimum absolute atomic E-state index is 0. The van der Waals surface area contributed by atoms with Gasteiger partial charge in [-0.05, 0) is 38.1 Å². The van der Waals surface area contributed by atoms with Gasteiger partial charge in [0.15, 0.2) is 11.5 Å². The number of anilines is 2. The molecule has 2 aliphatic heterocycles. The Hall–Kier alpha value is -3.82. The molecule has 2 aliphatic rings. The average Bonchev–Trinajstić information content (AvgIpc) is 3.32. The van der Waals surface area contributed by atoms with Crippen molar-refractivity contribution in [1.29, 1.82) is 5.26 Å². The molecule has 1 atom stereocenters. The third kappa shape index (κ3) is 5.84. The summed E-state index contributed by atoms with van der Waals surface area (Å²) in [5.41, 5.74) is 2.25. The van der Waals surface area contributed by atoms with E-state index in [-0.39, 0.29) is 30.9 Å². The number of ether oxygens (including phenoxy) is 4. The van der Waals surface area contributed by atoms with E-state index < -0.39 is 6.29 Å². The van der Waals surface area contributed by atoms with E-state index in [0.29, 0.717) is 50.8 Å². The molecule has 0 bridgehead atoms. The van der Waals surface area contributed by atoms with Gasteiger partial charge >= 0.3 is 0 Å². The summed E-state index contributed by atoms with van der Waals surface area (Å²) in [7, 11) is 3.72. The molecule has 38 heavy (non-hydrogen) atoms.